The molecule has 0 saturated heterocycles. The minimum absolute atomic E-state index is 0.695. The highest BCUT2D eigenvalue weighted by Crippen LogP contribution is 2.20. The van der Waals surface area contributed by atoms with Gasteiger partial charge in [-0.15, -0.1) is 0 Å². The lowest BCUT2D eigenvalue weighted by Gasteiger charge is -2.01. The summed E-state index contributed by atoms with van der Waals surface area (Å²) in [5, 5.41) is 0.695. The van der Waals surface area contributed by atoms with Gasteiger partial charge in [-0.05, 0) is 24.3 Å². The van der Waals surface area contributed by atoms with Gasteiger partial charge in [0.05, 0.1) is 16.7 Å². The van der Waals surface area contributed by atoms with Crippen molar-refractivity contribution in [1.82, 2.24) is 14.4 Å². The van der Waals surface area contributed by atoms with Gasteiger partial charge < -0.3 is 0 Å². The molecule has 0 bridgehead atoms. The molecular weight excluding hydrogens is 222 g/mol. The molecule has 0 saturated carbocycles. The fraction of sp³-hybridized carbons (Fsp3) is 0. The van der Waals surface area contributed by atoms with E-state index in [-0.39, 0.29) is 0 Å². The maximum Gasteiger partial charge on any atom is 0.144 e. The number of hydrogen-bond acceptors (Lipinski definition) is 2. The van der Waals surface area contributed by atoms with Gasteiger partial charge in [0.15, 0.2) is 0 Å². The van der Waals surface area contributed by atoms with Crippen molar-refractivity contribution in [3.05, 3.63) is 54.1 Å². The Hall–Kier alpha value is -1.87. The fourth-order valence-electron chi connectivity index (χ4n) is 1.68. The molecule has 0 unspecified atom stereocenters. The lowest BCUT2D eigenvalue weighted by atomic mass is 10.2. The Morgan fingerprint density at radius 1 is 1.06 bits per heavy atom. The molecule has 3 aromatic heterocycles. The predicted octanol–water partition coefficient (Wildman–Crippen LogP) is 3.05. The normalized spacial score (nSPS) is 10.8. The first-order chi connectivity index (χ1) is 7.84. The summed E-state index contributed by atoms with van der Waals surface area (Å²) in [6.45, 7) is 0. The summed E-state index contributed by atoms with van der Waals surface area (Å²) in [6.07, 6.45) is 7.19. The van der Waals surface area contributed by atoms with E-state index in [4.69, 9.17) is 11.6 Å². The van der Waals surface area contributed by atoms with Crippen LogP contribution in [0.2, 0.25) is 5.02 Å². The van der Waals surface area contributed by atoms with Gasteiger partial charge in [-0.2, -0.15) is 0 Å². The van der Waals surface area contributed by atoms with Crippen LogP contribution < -0.4 is 0 Å². The van der Waals surface area contributed by atoms with Crippen molar-refractivity contribution < 1.29 is 0 Å². The minimum atomic E-state index is 0.695. The van der Waals surface area contributed by atoms with Gasteiger partial charge >= 0.3 is 0 Å². The van der Waals surface area contributed by atoms with E-state index in [1.165, 1.54) is 0 Å². The molecule has 3 rings (SSSR count). The van der Waals surface area contributed by atoms with Crippen LogP contribution >= 0.6 is 11.6 Å². The molecule has 0 aliphatic rings. The van der Waals surface area contributed by atoms with Crippen molar-refractivity contribution >= 4 is 17.1 Å². The first-order valence-corrected chi connectivity index (χ1v) is 5.25. The van der Waals surface area contributed by atoms with E-state index in [1.54, 1.807) is 12.4 Å². The van der Waals surface area contributed by atoms with E-state index in [0.717, 1.165) is 16.9 Å². The summed E-state index contributed by atoms with van der Waals surface area (Å²) < 4.78 is 1.97. The Kier molecular flexibility index (Phi) is 2.11. The first kappa shape index (κ1) is 9.36. The molecule has 0 aliphatic heterocycles. The van der Waals surface area contributed by atoms with Crippen molar-refractivity contribution in [3.8, 4) is 11.4 Å². The highest BCUT2D eigenvalue weighted by molar-refractivity contribution is 6.30. The number of fused-ring (bicyclic) bond motifs is 1. The lowest BCUT2D eigenvalue weighted by Crippen LogP contribution is -1.89. The molecule has 0 N–H and O–H groups in total. The standard InChI is InChI=1S/C12H8ClN3/c13-10-1-2-11-7-15-12(16(11)8-10)9-3-5-14-6-4-9/h1-8H. The third-order valence-electron chi connectivity index (χ3n) is 2.43. The maximum absolute atomic E-state index is 5.97. The summed E-state index contributed by atoms with van der Waals surface area (Å²) in [4.78, 5) is 8.37. The number of halogens is 1. The smallest absolute Gasteiger partial charge is 0.144 e. The summed E-state index contributed by atoms with van der Waals surface area (Å²) in [7, 11) is 0. The van der Waals surface area contributed by atoms with Gasteiger partial charge in [0.2, 0.25) is 0 Å². The predicted molar refractivity (Wildman–Crippen MR) is 63.4 cm³/mol. The van der Waals surface area contributed by atoms with E-state index < -0.39 is 0 Å². The van der Waals surface area contributed by atoms with Crippen LogP contribution in [0, 0.1) is 0 Å². The summed E-state index contributed by atoms with van der Waals surface area (Å²) in [5.74, 6) is 0.875. The molecular formula is C12H8ClN3. The molecule has 3 aromatic rings. The van der Waals surface area contributed by atoms with Crippen molar-refractivity contribution in [2.24, 2.45) is 0 Å². The summed E-state index contributed by atoms with van der Waals surface area (Å²) in [6, 6.07) is 7.65. The van der Waals surface area contributed by atoms with Crippen LogP contribution in [0.3, 0.4) is 0 Å². The van der Waals surface area contributed by atoms with Crippen LogP contribution in [0.1, 0.15) is 0 Å². The Morgan fingerprint density at radius 3 is 2.69 bits per heavy atom. The zero-order chi connectivity index (χ0) is 11.0. The second kappa shape index (κ2) is 3.61. The maximum atomic E-state index is 5.97. The second-order valence-corrected chi connectivity index (χ2v) is 3.90. The highest BCUT2D eigenvalue weighted by atomic mass is 35.5. The van der Waals surface area contributed by atoms with Crippen LogP contribution in [0.15, 0.2) is 49.1 Å². The third kappa shape index (κ3) is 1.46. The van der Waals surface area contributed by atoms with Gasteiger partial charge in [-0.1, -0.05) is 11.6 Å². The number of imidazole rings is 1. The van der Waals surface area contributed by atoms with E-state index in [9.17, 15) is 0 Å². The largest absolute Gasteiger partial charge is 0.298 e. The topological polar surface area (TPSA) is 30.2 Å². The fourth-order valence-corrected chi connectivity index (χ4v) is 1.84. The van der Waals surface area contributed by atoms with E-state index >= 15 is 0 Å². The number of hydrogen-bond donors (Lipinski definition) is 0. The second-order valence-electron chi connectivity index (χ2n) is 3.46. The number of rotatable bonds is 1. The van der Waals surface area contributed by atoms with Crippen molar-refractivity contribution in [1.29, 1.82) is 0 Å². The summed E-state index contributed by atoms with van der Waals surface area (Å²) in [5.41, 5.74) is 2.05. The average Bonchev–Trinajstić information content (AvgIpc) is 2.73. The van der Waals surface area contributed by atoms with Gasteiger partial charge in [0.1, 0.15) is 5.82 Å². The Labute approximate surface area is 97.3 Å². The van der Waals surface area contributed by atoms with Gasteiger partial charge in [0.25, 0.3) is 0 Å². The molecule has 0 amide bonds. The number of nitrogens with zero attached hydrogens (tertiary/aromatic N) is 3. The molecule has 4 heteroatoms. The van der Waals surface area contributed by atoms with Crippen molar-refractivity contribution in [3.63, 3.8) is 0 Å². The molecule has 0 fully saturated rings. The van der Waals surface area contributed by atoms with Gasteiger partial charge in [0, 0.05) is 24.2 Å². The highest BCUT2D eigenvalue weighted by Gasteiger charge is 2.05. The van der Waals surface area contributed by atoms with E-state index in [2.05, 4.69) is 9.97 Å². The molecule has 0 radical (unpaired) electrons. The zero-order valence-electron chi connectivity index (χ0n) is 8.34. The van der Waals surface area contributed by atoms with Crippen molar-refractivity contribution in [2.75, 3.05) is 0 Å². The van der Waals surface area contributed by atoms with Gasteiger partial charge in [-0.25, -0.2) is 4.98 Å². The molecule has 0 atom stereocenters. The molecule has 0 aromatic carbocycles. The first-order valence-electron chi connectivity index (χ1n) is 4.87. The van der Waals surface area contributed by atoms with Crippen LogP contribution in [-0.2, 0) is 0 Å². The molecule has 3 nitrogen and oxygen atoms in total. The molecule has 0 aliphatic carbocycles. The monoisotopic (exact) mass is 229 g/mol. The minimum Gasteiger partial charge on any atom is -0.298 e. The molecule has 3 heterocycles. The lowest BCUT2D eigenvalue weighted by molar-refractivity contribution is 1.16. The number of aromatic nitrogens is 3. The van der Waals surface area contributed by atoms with E-state index in [1.807, 2.05) is 41.1 Å². The van der Waals surface area contributed by atoms with Crippen molar-refractivity contribution in [2.45, 2.75) is 0 Å². The Bertz CT molecular complexity index is 631. The SMILES string of the molecule is Clc1ccc2cnc(-c3ccncc3)n2c1. The van der Waals surface area contributed by atoms with Gasteiger partial charge in [-0.3, -0.25) is 9.38 Å². The third-order valence-corrected chi connectivity index (χ3v) is 2.65. The van der Waals surface area contributed by atoms with E-state index in [0.29, 0.717) is 5.02 Å². The molecule has 0 spiro atoms. The molecule has 16 heavy (non-hydrogen) atoms. The van der Waals surface area contributed by atoms with Crippen LogP contribution in [0.25, 0.3) is 16.9 Å². The average molecular weight is 230 g/mol. The van der Waals surface area contributed by atoms with Crippen LogP contribution in [0.5, 0.6) is 0 Å². The Balaban J connectivity index is 2.29. The Morgan fingerprint density at radius 2 is 1.88 bits per heavy atom. The quantitative estimate of drug-likeness (QED) is 0.642. The molecule has 78 valence electrons. The van der Waals surface area contributed by atoms with Crippen LogP contribution in [0.4, 0.5) is 0 Å². The van der Waals surface area contributed by atoms with Crippen LogP contribution in [-0.4, -0.2) is 14.4 Å². The number of pyridine rings is 2. The summed E-state index contributed by atoms with van der Waals surface area (Å²) >= 11 is 5.97. The zero-order valence-corrected chi connectivity index (χ0v) is 9.09.